The van der Waals surface area contributed by atoms with Gasteiger partial charge in [0.2, 0.25) is 5.91 Å². The van der Waals surface area contributed by atoms with Gasteiger partial charge in [-0.2, -0.15) is 0 Å². The van der Waals surface area contributed by atoms with Gasteiger partial charge in [-0.1, -0.05) is 6.07 Å². The molecule has 0 aliphatic carbocycles. The molecule has 1 aromatic rings. The average Bonchev–Trinajstić information content (AvgIpc) is 3.05. The number of piperidine rings is 1. The minimum atomic E-state index is -1.03. The zero-order chi connectivity index (χ0) is 21.8. The minimum absolute atomic E-state index is 0.00489. The molecule has 0 aromatic heterocycles. The first-order valence-corrected chi connectivity index (χ1v) is 10.1. The van der Waals surface area contributed by atoms with Crippen molar-refractivity contribution in [3.05, 3.63) is 29.3 Å². The van der Waals surface area contributed by atoms with Crippen molar-refractivity contribution in [3.8, 4) is 0 Å². The molecule has 0 saturated carbocycles. The number of anilines is 1. The molecule has 0 bridgehead atoms. The van der Waals surface area contributed by atoms with Crippen LogP contribution >= 0.6 is 0 Å². The Labute approximate surface area is 175 Å². The van der Waals surface area contributed by atoms with E-state index in [2.05, 4.69) is 4.90 Å². The molecular formula is C21H29N3O6. The van der Waals surface area contributed by atoms with Crippen LogP contribution in [0.4, 0.5) is 5.69 Å². The summed E-state index contributed by atoms with van der Waals surface area (Å²) < 4.78 is 10.8. The lowest BCUT2D eigenvalue weighted by Gasteiger charge is -2.36. The van der Waals surface area contributed by atoms with Gasteiger partial charge in [0.05, 0.1) is 0 Å². The highest BCUT2D eigenvalue weighted by molar-refractivity contribution is 6.01. The number of carboxylic acids is 1. The Kier molecular flexibility index (Phi) is 6.94. The molecule has 2 aliphatic heterocycles. The second-order valence-electron chi connectivity index (χ2n) is 7.79. The zero-order valence-electron chi connectivity index (χ0n) is 17.4. The van der Waals surface area contributed by atoms with Crippen LogP contribution < -0.4 is 10.6 Å². The summed E-state index contributed by atoms with van der Waals surface area (Å²) in [6, 6.07) is 4.81. The van der Waals surface area contributed by atoms with Gasteiger partial charge in [0.1, 0.15) is 6.04 Å². The van der Waals surface area contributed by atoms with Gasteiger partial charge in [-0.25, -0.2) is 0 Å². The highest BCUT2D eigenvalue weighted by Crippen LogP contribution is 2.32. The standard InChI is InChI=1S/C21H29N3O6/c1-29-21(30-2)13-7-9-23(10-8-13)15-4-3-14-12-24(20(28)16(14)11-15)17(19(22)27)5-6-18(25)26/h3-4,11,13,17,21H,5-10,12H2,1-2H3,(H2,22,27)(H,25,26). The molecule has 1 saturated heterocycles. The quantitative estimate of drug-likeness (QED) is 0.577. The fourth-order valence-electron chi connectivity index (χ4n) is 4.38. The summed E-state index contributed by atoms with van der Waals surface area (Å²) in [5.41, 5.74) is 7.77. The van der Waals surface area contributed by atoms with Crippen LogP contribution in [0, 0.1) is 5.92 Å². The number of primary amides is 1. The van der Waals surface area contributed by atoms with Crippen molar-refractivity contribution in [3.63, 3.8) is 0 Å². The summed E-state index contributed by atoms with van der Waals surface area (Å²) in [6.45, 7) is 1.91. The number of benzene rings is 1. The summed E-state index contributed by atoms with van der Waals surface area (Å²) in [5.74, 6) is -1.67. The number of rotatable bonds is 9. The van der Waals surface area contributed by atoms with Gasteiger partial charge in [-0.15, -0.1) is 0 Å². The molecular weight excluding hydrogens is 390 g/mol. The lowest BCUT2D eigenvalue weighted by Crippen LogP contribution is -2.45. The summed E-state index contributed by atoms with van der Waals surface area (Å²) >= 11 is 0. The molecule has 3 rings (SSSR count). The van der Waals surface area contributed by atoms with Crippen LogP contribution in [0.5, 0.6) is 0 Å². The van der Waals surface area contributed by atoms with E-state index in [4.69, 9.17) is 20.3 Å². The Balaban J connectivity index is 1.70. The van der Waals surface area contributed by atoms with E-state index in [1.54, 1.807) is 14.2 Å². The number of hydrogen-bond acceptors (Lipinski definition) is 6. The van der Waals surface area contributed by atoms with Gasteiger partial charge in [0.15, 0.2) is 6.29 Å². The minimum Gasteiger partial charge on any atom is -0.481 e. The van der Waals surface area contributed by atoms with Crippen LogP contribution in [0.25, 0.3) is 0 Å². The molecule has 2 amide bonds. The van der Waals surface area contributed by atoms with Crippen LogP contribution in [0.3, 0.4) is 0 Å². The average molecular weight is 419 g/mol. The third-order valence-electron chi connectivity index (χ3n) is 6.02. The maximum Gasteiger partial charge on any atom is 0.303 e. The number of nitrogens with two attached hydrogens (primary N) is 1. The Morgan fingerprint density at radius 2 is 1.90 bits per heavy atom. The number of amides is 2. The predicted molar refractivity (Wildman–Crippen MR) is 109 cm³/mol. The van der Waals surface area contributed by atoms with Gasteiger partial charge in [-0.3, -0.25) is 14.4 Å². The second kappa shape index (κ2) is 9.44. The van der Waals surface area contributed by atoms with E-state index >= 15 is 0 Å². The number of methoxy groups -OCH3 is 2. The Morgan fingerprint density at radius 1 is 1.23 bits per heavy atom. The fraction of sp³-hybridized carbons (Fsp3) is 0.571. The highest BCUT2D eigenvalue weighted by Gasteiger charge is 2.36. The molecule has 0 radical (unpaired) electrons. The molecule has 1 fully saturated rings. The topological polar surface area (TPSA) is 122 Å². The van der Waals surface area contributed by atoms with Crippen molar-refractivity contribution < 1.29 is 29.0 Å². The summed E-state index contributed by atoms with van der Waals surface area (Å²) in [7, 11) is 3.29. The smallest absolute Gasteiger partial charge is 0.303 e. The Bertz CT molecular complexity index is 802. The van der Waals surface area contributed by atoms with E-state index in [1.165, 1.54) is 4.90 Å². The second-order valence-corrected chi connectivity index (χ2v) is 7.79. The predicted octanol–water partition coefficient (Wildman–Crippen LogP) is 1.20. The van der Waals surface area contributed by atoms with Crippen molar-refractivity contribution in [1.82, 2.24) is 4.90 Å². The van der Waals surface area contributed by atoms with Crippen LogP contribution in [0.2, 0.25) is 0 Å². The molecule has 2 aliphatic rings. The lowest BCUT2D eigenvalue weighted by atomic mass is 9.95. The summed E-state index contributed by atoms with van der Waals surface area (Å²) in [6.07, 6.45) is 1.41. The van der Waals surface area contributed by atoms with E-state index in [1.807, 2.05) is 18.2 Å². The molecule has 1 aromatic carbocycles. The normalized spacial score (nSPS) is 18.0. The van der Waals surface area contributed by atoms with Gasteiger partial charge in [0, 0.05) is 57.4 Å². The molecule has 0 spiro atoms. The van der Waals surface area contributed by atoms with E-state index < -0.39 is 17.9 Å². The molecule has 30 heavy (non-hydrogen) atoms. The number of carboxylic acid groups (broad SMARTS) is 1. The van der Waals surface area contributed by atoms with Gasteiger partial charge in [0.25, 0.3) is 5.91 Å². The number of aliphatic carboxylic acids is 1. The maximum absolute atomic E-state index is 13.0. The Hall–Kier alpha value is -2.65. The molecule has 1 atom stereocenters. The van der Waals surface area contributed by atoms with Crippen LogP contribution in [0.15, 0.2) is 18.2 Å². The SMILES string of the molecule is COC(OC)C1CCN(c2ccc3c(c2)C(=O)N(C(CCC(=O)O)C(N)=O)C3)CC1. The number of ether oxygens (including phenoxy) is 2. The van der Waals surface area contributed by atoms with Crippen molar-refractivity contribution in [1.29, 1.82) is 0 Å². The van der Waals surface area contributed by atoms with E-state index in [0.29, 0.717) is 11.5 Å². The number of hydrogen-bond donors (Lipinski definition) is 2. The number of carbonyl (C=O) groups excluding carboxylic acids is 2. The molecule has 1 unspecified atom stereocenters. The third kappa shape index (κ3) is 4.57. The number of carbonyl (C=O) groups is 3. The first kappa shape index (κ1) is 22.0. The van der Waals surface area contributed by atoms with Crippen LogP contribution in [0.1, 0.15) is 41.6 Å². The van der Waals surface area contributed by atoms with Crippen molar-refractivity contribution in [2.24, 2.45) is 11.7 Å². The molecule has 3 N–H and O–H groups in total. The zero-order valence-corrected chi connectivity index (χ0v) is 17.4. The number of nitrogens with zero attached hydrogens (tertiary/aromatic N) is 2. The van der Waals surface area contributed by atoms with E-state index in [-0.39, 0.29) is 31.6 Å². The largest absolute Gasteiger partial charge is 0.481 e. The van der Waals surface area contributed by atoms with Gasteiger partial charge < -0.3 is 30.1 Å². The third-order valence-corrected chi connectivity index (χ3v) is 6.02. The van der Waals surface area contributed by atoms with Gasteiger partial charge >= 0.3 is 5.97 Å². The van der Waals surface area contributed by atoms with Crippen molar-refractivity contribution in [2.45, 2.75) is 44.6 Å². The fourth-order valence-corrected chi connectivity index (χ4v) is 4.38. The van der Waals surface area contributed by atoms with E-state index in [9.17, 15) is 14.4 Å². The molecule has 9 nitrogen and oxygen atoms in total. The lowest BCUT2D eigenvalue weighted by molar-refractivity contribution is -0.141. The van der Waals surface area contributed by atoms with Crippen molar-refractivity contribution in [2.75, 3.05) is 32.2 Å². The summed E-state index contributed by atoms with van der Waals surface area (Å²) in [4.78, 5) is 39.3. The van der Waals surface area contributed by atoms with Crippen molar-refractivity contribution >= 4 is 23.5 Å². The number of fused-ring (bicyclic) bond motifs is 1. The van der Waals surface area contributed by atoms with E-state index in [0.717, 1.165) is 37.2 Å². The first-order chi connectivity index (χ1) is 14.3. The Morgan fingerprint density at radius 3 is 2.47 bits per heavy atom. The molecule has 164 valence electrons. The maximum atomic E-state index is 13.0. The molecule has 2 heterocycles. The highest BCUT2D eigenvalue weighted by atomic mass is 16.7. The molecule has 9 heteroatoms. The monoisotopic (exact) mass is 419 g/mol. The van der Waals surface area contributed by atoms with Gasteiger partial charge in [-0.05, 0) is 37.0 Å². The van der Waals surface area contributed by atoms with Crippen LogP contribution in [-0.4, -0.2) is 67.4 Å². The first-order valence-electron chi connectivity index (χ1n) is 10.1. The summed E-state index contributed by atoms with van der Waals surface area (Å²) in [5, 5.41) is 8.91. The van der Waals surface area contributed by atoms with Crippen LogP contribution in [-0.2, 0) is 25.6 Å².